The lowest BCUT2D eigenvalue weighted by Crippen LogP contribution is -2.24. The van der Waals surface area contributed by atoms with E-state index in [1.54, 1.807) is 44.3 Å². The van der Waals surface area contributed by atoms with Gasteiger partial charge < -0.3 is 5.32 Å². The minimum absolute atomic E-state index is 0.0112. The van der Waals surface area contributed by atoms with Crippen molar-refractivity contribution in [3.8, 4) is 0 Å². The molecule has 1 amide bonds. The largest absolute Gasteiger partial charge is 0.324 e. The highest BCUT2D eigenvalue weighted by atomic mass is 35.5. The number of rotatable bonds is 4. The van der Waals surface area contributed by atoms with Crippen molar-refractivity contribution in [1.82, 2.24) is 9.78 Å². The van der Waals surface area contributed by atoms with Gasteiger partial charge in [-0.2, -0.15) is 5.10 Å². The van der Waals surface area contributed by atoms with Crippen LogP contribution in [0.15, 0.2) is 30.5 Å². The zero-order valence-electron chi connectivity index (χ0n) is 12.1. The van der Waals surface area contributed by atoms with E-state index in [9.17, 15) is 9.59 Å². The molecule has 5 nitrogen and oxygen atoms in total. The van der Waals surface area contributed by atoms with E-state index < -0.39 is 6.04 Å². The Bertz CT molecular complexity index is 657. The first-order valence-electron chi connectivity index (χ1n) is 6.51. The van der Waals surface area contributed by atoms with E-state index in [4.69, 9.17) is 11.6 Å². The summed E-state index contributed by atoms with van der Waals surface area (Å²) in [6.45, 7) is 5.02. The molecule has 2 rings (SSSR count). The van der Waals surface area contributed by atoms with Crippen molar-refractivity contribution in [2.75, 3.05) is 5.32 Å². The van der Waals surface area contributed by atoms with Crippen LogP contribution in [0.25, 0.3) is 0 Å². The lowest BCUT2D eigenvalue weighted by molar-refractivity contribution is -0.119. The van der Waals surface area contributed by atoms with Crippen molar-refractivity contribution in [2.45, 2.75) is 26.8 Å². The molecule has 0 saturated heterocycles. The lowest BCUT2D eigenvalue weighted by atomic mass is 10.1. The molecule has 0 aliphatic carbocycles. The number of halogens is 1. The van der Waals surface area contributed by atoms with E-state index in [1.165, 1.54) is 11.6 Å². The van der Waals surface area contributed by atoms with E-state index in [1.807, 2.05) is 0 Å². The van der Waals surface area contributed by atoms with Gasteiger partial charge in [-0.3, -0.25) is 14.3 Å². The fourth-order valence-electron chi connectivity index (χ4n) is 1.81. The van der Waals surface area contributed by atoms with Gasteiger partial charge in [-0.05, 0) is 45.0 Å². The van der Waals surface area contributed by atoms with Gasteiger partial charge in [-0.1, -0.05) is 11.6 Å². The molecule has 0 bridgehead atoms. The molecule has 0 fully saturated rings. The van der Waals surface area contributed by atoms with Crippen LogP contribution in [0.5, 0.6) is 0 Å². The Kier molecular flexibility index (Phi) is 4.43. The third kappa shape index (κ3) is 3.49. The monoisotopic (exact) mass is 305 g/mol. The second-order valence-electron chi connectivity index (χ2n) is 4.84. The van der Waals surface area contributed by atoms with Gasteiger partial charge >= 0.3 is 0 Å². The number of carbonyl (C=O) groups is 2. The summed E-state index contributed by atoms with van der Waals surface area (Å²) in [6, 6.07) is 6.27. The first kappa shape index (κ1) is 15.3. The molecule has 21 heavy (non-hydrogen) atoms. The van der Waals surface area contributed by atoms with Gasteiger partial charge in [0, 0.05) is 17.4 Å². The maximum atomic E-state index is 12.2. The second kappa shape index (κ2) is 6.10. The molecule has 1 unspecified atom stereocenters. The number of Topliss-reactive ketones (excluding diaryl/α,β-unsaturated/α-hetero) is 1. The topological polar surface area (TPSA) is 64.0 Å². The molecule has 6 heteroatoms. The number of aromatic nitrogens is 2. The number of amides is 1. The molecule has 0 radical (unpaired) electrons. The molecule has 1 aromatic heterocycles. The van der Waals surface area contributed by atoms with Crippen molar-refractivity contribution in [2.24, 2.45) is 0 Å². The Balaban J connectivity index is 2.08. The molecule has 1 heterocycles. The standard InChI is InChI=1S/C15H16ClN3O2/c1-9-14(16)8-19(18-9)10(2)15(21)17-13-6-4-12(5-7-13)11(3)20/h4-8,10H,1-3H3,(H,17,21). The molecular formula is C15H16ClN3O2. The number of ketones is 1. The summed E-state index contributed by atoms with van der Waals surface area (Å²) in [5, 5.41) is 7.50. The number of aryl methyl sites for hydroxylation is 1. The van der Waals surface area contributed by atoms with Crippen LogP contribution in [0, 0.1) is 6.92 Å². The number of hydrogen-bond donors (Lipinski definition) is 1. The SMILES string of the molecule is CC(=O)c1ccc(NC(=O)C(C)n2cc(Cl)c(C)n2)cc1. The van der Waals surface area contributed by atoms with Crippen molar-refractivity contribution in [1.29, 1.82) is 0 Å². The molecule has 0 aliphatic rings. The predicted molar refractivity (Wildman–Crippen MR) is 81.8 cm³/mol. The number of carbonyl (C=O) groups excluding carboxylic acids is 2. The third-order valence-corrected chi connectivity index (χ3v) is 3.56. The van der Waals surface area contributed by atoms with E-state index in [0.717, 1.165) is 0 Å². The van der Waals surface area contributed by atoms with Gasteiger partial charge in [-0.25, -0.2) is 0 Å². The zero-order valence-corrected chi connectivity index (χ0v) is 12.8. The highest BCUT2D eigenvalue weighted by molar-refractivity contribution is 6.31. The van der Waals surface area contributed by atoms with Gasteiger partial charge in [0.1, 0.15) is 6.04 Å². The highest BCUT2D eigenvalue weighted by Gasteiger charge is 2.17. The number of hydrogen-bond acceptors (Lipinski definition) is 3. The third-order valence-electron chi connectivity index (χ3n) is 3.19. The minimum Gasteiger partial charge on any atom is -0.324 e. The first-order chi connectivity index (χ1) is 9.88. The number of nitrogens with one attached hydrogen (secondary N) is 1. The van der Waals surface area contributed by atoms with Crippen molar-refractivity contribution in [3.05, 3.63) is 46.7 Å². The number of anilines is 1. The summed E-state index contributed by atoms with van der Waals surface area (Å²) in [7, 11) is 0. The maximum absolute atomic E-state index is 12.2. The summed E-state index contributed by atoms with van der Waals surface area (Å²) in [5.74, 6) is -0.215. The zero-order chi connectivity index (χ0) is 15.6. The number of nitrogens with zero attached hydrogens (tertiary/aromatic N) is 2. The molecule has 1 aromatic carbocycles. The quantitative estimate of drug-likeness (QED) is 0.882. The highest BCUT2D eigenvalue weighted by Crippen LogP contribution is 2.17. The fraction of sp³-hybridized carbons (Fsp3) is 0.267. The van der Waals surface area contributed by atoms with Gasteiger partial charge in [0.05, 0.1) is 10.7 Å². The van der Waals surface area contributed by atoms with Crippen molar-refractivity contribution < 1.29 is 9.59 Å². The van der Waals surface area contributed by atoms with Gasteiger partial charge in [0.2, 0.25) is 5.91 Å². The summed E-state index contributed by atoms with van der Waals surface area (Å²) in [5.41, 5.74) is 1.92. The van der Waals surface area contributed by atoms with E-state index >= 15 is 0 Å². The Morgan fingerprint density at radius 1 is 1.29 bits per heavy atom. The fourth-order valence-corrected chi connectivity index (χ4v) is 1.95. The molecule has 110 valence electrons. The summed E-state index contributed by atoms with van der Waals surface area (Å²) >= 11 is 5.94. The van der Waals surface area contributed by atoms with Crippen molar-refractivity contribution >= 4 is 29.0 Å². The van der Waals surface area contributed by atoms with Crippen LogP contribution in [-0.2, 0) is 4.79 Å². The van der Waals surface area contributed by atoms with E-state index in [0.29, 0.717) is 22.0 Å². The van der Waals surface area contributed by atoms with Crippen LogP contribution in [0.2, 0.25) is 5.02 Å². The minimum atomic E-state index is -0.483. The van der Waals surface area contributed by atoms with Gasteiger partial charge in [0.25, 0.3) is 0 Å². The lowest BCUT2D eigenvalue weighted by Gasteiger charge is -2.12. The Morgan fingerprint density at radius 2 is 1.90 bits per heavy atom. The smallest absolute Gasteiger partial charge is 0.248 e. The normalized spacial score (nSPS) is 12.0. The molecular weight excluding hydrogens is 290 g/mol. The van der Waals surface area contributed by atoms with Crippen LogP contribution in [0.4, 0.5) is 5.69 Å². The Morgan fingerprint density at radius 3 is 2.38 bits per heavy atom. The number of benzene rings is 1. The van der Waals surface area contributed by atoms with Crippen LogP contribution in [0.1, 0.15) is 35.9 Å². The van der Waals surface area contributed by atoms with E-state index in [2.05, 4.69) is 10.4 Å². The summed E-state index contributed by atoms with van der Waals surface area (Å²) in [4.78, 5) is 23.4. The molecule has 2 aromatic rings. The second-order valence-corrected chi connectivity index (χ2v) is 5.25. The molecule has 0 spiro atoms. The molecule has 1 N–H and O–H groups in total. The Labute approximate surface area is 127 Å². The first-order valence-corrected chi connectivity index (χ1v) is 6.89. The predicted octanol–water partition coefficient (Wildman–Crippen LogP) is 3.25. The molecule has 1 atom stereocenters. The molecule has 0 aliphatic heterocycles. The van der Waals surface area contributed by atoms with Crippen molar-refractivity contribution in [3.63, 3.8) is 0 Å². The average molecular weight is 306 g/mol. The maximum Gasteiger partial charge on any atom is 0.248 e. The molecule has 0 saturated carbocycles. The van der Waals surface area contributed by atoms with Crippen LogP contribution in [-0.4, -0.2) is 21.5 Å². The summed E-state index contributed by atoms with van der Waals surface area (Å²) < 4.78 is 1.52. The van der Waals surface area contributed by atoms with Crippen LogP contribution in [0.3, 0.4) is 0 Å². The van der Waals surface area contributed by atoms with Gasteiger partial charge in [0.15, 0.2) is 5.78 Å². The van der Waals surface area contributed by atoms with Crippen LogP contribution < -0.4 is 5.32 Å². The van der Waals surface area contributed by atoms with E-state index in [-0.39, 0.29) is 11.7 Å². The summed E-state index contributed by atoms with van der Waals surface area (Å²) in [6.07, 6.45) is 1.62. The van der Waals surface area contributed by atoms with Crippen LogP contribution >= 0.6 is 11.6 Å². The Hall–Kier alpha value is -2.14. The van der Waals surface area contributed by atoms with Gasteiger partial charge in [-0.15, -0.1) is 0 Å². The average Bonchev–Trinajstić information content (AvgIpc) is 2.78.